The Balaban J connectivity index is 3.39. The summed E-state index contributed by atoms with van der Waals surface area (Å²) in [7, 11) is 0. The van der Waals surface area contributed by atoms with Crippen molar-refractivity contribution in [3.8, 4) is 0 Å². The van der Waals surface area contributed by atoms with Crippen molar-refractivity contribution in [2.45, 2.75) is 12.6 Å². The Morgan fingerprint density at radius 3 is 2.38 bits per heavy atom. The molecule has 4 N–H and O–H groups in total. The third-order valence-corrected chi connectivity index (χ3v) is 0.665. The first-order valence-electron chi connectivity index (χ1n) is 2.33. The maximum atomic E-state index is 10.3. The first-order chi connectivity index (χ1) is 3.66. The van der Waals surface area contributed by atoms with Gasteiger partial charge in [-0.2, -0.15) is 0 Å². The molecule has 0 aromatic heterocycles. The fourth-order valence-electron chi connectivity index (χ4n) is 0.316. The fourth-order valence-corrected chi connectivity index (χ4v) is 0.316. The Hall–Kier alpha value is -0.670. The molecule has 0 heterocycles. The second-order valence-corrected chi connectivity index (χ2v) is 1.54. The third kappa shape index (κ3) is 3.52. The van der Waals surface area contributed by atoms with Crippen LogP contribution in [0.25, 0.3) is 0 Å². The molecule has 0 aliphatic rings. The number of ketones is 1. The Morgan fingerprint density at radius 2 is 2.25 bits per heavy atom. The number of allylic oxidation sites excluding steroid dienone is 1. The van der Waals surface area contributed by atoms with Gasteiger partial charge in [-0.3, -0.25) is 4.79 Å². The number of hydrogen-bond acceptors (Lipinski definition) is 3. The first-order valence-corrected chi connectivity index (χ1v) is 2.33. The number of carbonyl (C=O) groups excluding carboxylic acids is 1. The quantitative estimate of drug-likeness (QED) is 0.379. The van der Waals surface area contributed by atoms with Gasteiger partial charge < -0.3 is 11.5 Å². The van der Waals surface area contributed by atoms with Crippen LogP contribution in [0.3, 0.4) is 0 Å². The lowest BCUT2D eigenvalue weighted by molar-refractivity contribution is -0.114. The minimum Gasteiger partial charge on any atom is -0.316 e. The van der Waals surface area contributed by atoms with Gasteiger partial charge in [0.25, 0.3) is 0 Å². The van der Waals surface area contributed by atoms with Crippen molar-refractivity contribution in [2.24, 2.45) is 11.5 Å². The molecule has 0 aromatic carbocycles. The van der Waals surface area contributed by atoms with Crippen LogP contribution in [0.4, 0.5) is 0 Å². The summed E-state index contributed by atoms with van der Waals surface area (Å²) in [6, 6.07) is 0. The topological polar surface area (TPSA) is 69.1 Å². The average molecular weight is 114 g/mol. The molecule has 0 unspecified atom stereocenters. The van der Waals surface area contributed by atoms with E-state index in [4.69, 9.17) is 11.5 Å². The fraction of sp³-hybridized carbons (Fsp3) is 0.400. The number of rotatable bonds is 3. The van der Waals surface area contributed by atoms with E-state index in [9.17, 15) is 4.79 Å². The molecule has 46 valence electrons. The van der Waals surface area contributed by atoms with Crippen LogP contribution in [0.2, 0.25) is 0 Å². The van der Waals surface area contributed by atoms with Crippen LogP contribution < -0.4 is 11.5 Å². The summed E-state index contributed by atoms with van der Waals surface area (Å²) in [6.07, 6.45) is 0.858. The van der Waals surface area contributed by atoms with Gasteiger partial charge in [0.1, 0.15) is 0 Å². The van der Waals surface area contributed by atoms with Gasteiger partial charge in [-0.05, 0) is 6.08 Å². The van der Waals surface area contributed by atoms with Crippen LogP contribution in [0.5, 0.6) is 0 Å². The van der Waals surface area contributed by atoms with E-state index in [0.717, 1.165) is 0 Å². The normalized spacial score (nSPS) is 9.38. The lowest BCUT2D eigenvalue weighted by atomic mass is 10.2. The molecule has 0 atom stereocenters. The van der Waals surface area contributed by atoms with Crippen LogP contribution in [-0.2, 0) is 4.79 Å². The van der Waals surface area contributed by atoms with Gasteiger partial charge in [-0.25, -0.2) is 0 Å². The summed E-state index contributed by atoms with van der Waals surface area (Å²) in [5.41, 5.74) is 10.2. The minimum atomic E-state index is -0.541. The van der Waals surface area contributed by atoms with Crippen molar-refractivity contribution < 1.29 is 4.79 Å². The van der Waals surface area contributed by atoms with E-state index in [0.29, 0.717) is 0 Å². The highest BCUT2D eigenvalue weighted by molar-refractivity contribution is 5.89. The molecule has 0 bridgehead atoms. The molecule has 0 saturated carbocycles. The van der Waals surface area contributed by atoms with E-state index in [1.54, 1.807) is 0 Å². The molecule has 0 rings (SSSR count). The van der Waals surface area contributed by atoms with Crippen molar-refractivity contribution in [2.75, 3.05) is 0 Å². The molecule has 0 spiro atoms. The van der Waals surface area contributed by atoms with Gasteiger partial charge in [-0.1, -0.05) is 6.58 Å². The Morgan fingerprint density at radius 1 is 1.75 bits per heavy atom. The molecule has 3 nitrogen and oxygen atoms in total. The second-order valence-electron chi connectivity index (χ2n) is 1.54. The standard InChI is InChI=1S/C5H10N2O/c1-2-4(8)3-5(6)7/h2,5H,1,3,6-7H2. The van der Waals surface area contributed by atoms with Gasteiger partial charge >= 0.3 is 0 Å². The molecule has 0 aliphatic heterocycles. The Bertz CT molecular complexity index is 98.6. The summed E-state index contributed by atoms with van der Waals surface area (Å²) >= 11 is 0. The monoisotopic (exact) mass is 114 g/mol. The Labute approximate surface area is 48.4 Å². The molecular weight excluding hydrogens is 104 g/mol. The van der Waals surface area contributed by atoms with Gasteiger partial charge in [-0.15, -0.1) is 0 Å². The van der Waals surface area contributed by atoms with E-state index < -0.39 is 6.17 Å². The highest BCUT2D eigenvalue weighted by Gasteiger charge is 1.98. The predicted octanol–water partition coefficient (Wildman–Crippen LogP) is -0.625. The SMILES string of the molecule is C=CC(=O)CC(N)N. The van der Waals surface area contributed by atoms with Gasteiger partial charge in [0.05, 0.1) is 6.17 Å². The maximum absolute atomic E-state index is 10.3. The Kier molecular flexibility index (Phi) is 3.07. The maximum Gasteiger partial charge on any atom is 0.157 e. The van der Waals surface area contributed by atoms with E-state index in [2.05, 4.69) is 6.58 Å². The average Bonchev–Trinajstić information content (AvgIpc) is 1.65. The summed E-state index contributed by atoms with van der Waals surface area (Å²) in [5, 5.41) is 0. The lowest BCUT2D eigenvalue weighted by Crippen LogP contribution is -2.32. The molecule has 8 heavy (non-hydrogen) atoms. The van der Waals surface area contributed by atoms with Gasteiger partial charge in [0, 0.05) is 6.42 Å². The van der Waals surface area contributed by atoms with Crippen molar-refractivity contribution in [1.82, 2.24) is 0 Å². The summed E-state index contributed by atoms with van der Waals surface area (Å²) < 4.78 is 0. The second kappa shape index (κ2) is 3.35. The minimum absolute atomic E-state index is 0.111. The zero-order chi connectivity index (χ0) is 6.57. The van der Waals surface area contributed by atoms with Crippen LogP contribution in [0, 0.1) is 0 Å². The van der Waals surface area contributed by atoms with E-state index >= 15 is 0 Å². The molecule has 0 aromatic rings. The zero-order valence-corrected chi connectivity index (χ0v) is 4.63. The van der Waals surface area contributed by atoms with Crippen LogP contribution >= 0.6 is 0 Å². The summed E-state index contributed by atoms with van der Waals surface area (Å²) in [6.45, 7) is 3.25. The molecule has 0 aliphatic carbocycles. The molecular formula is C5H10N2O. The predicted molar refractivity (Wildman–Crippen MR) is 32.0 cm³/mol. The summed E-state index contributed by atoms with van der Waals surface area (Å²) in [4.78, 5) is 10.3. The summed E-state index contributed by atoms with van der Waals surface area (Å²) in [5.74, 6) is -0.111. The molecule has 0 saturated heterocycles. The van der Waals surface area contributed by atoms with Crippen LogP contribution in [0.15, 0.2) is 12.7 Å². The van der Waals surface area contributed by atoms with E-state index in [1.165, 1.54) is 6.08 Å². The largest absolute Gasteiger partial charge is 0.316 e. The van der Waals surface area contributed by atoms with Crippen molar-refractivity contribution in [3.63, 3.8) is 0 Å². The first kappa shape index (κ1) is 7.33. The van der Waals surface area contributed by atoms with Crippen LogP contribution in [-0.4, -0.2) is 11.9 Å². The van der Waals surface area contributed by atoms with E-state index in [1.807, 2.05) is 0 Å². The highest BCUT2D eigenvalue weighted by Crippen LogP contribution is 1.82. The number of hydrogen-bond donors (Lipinski definition) is 2. The highest BCUT2D eigenvalue weighted by atomic mass is 16.1. The van der Waals surface area contributed by atoms with Gasteiger partial charge in [0.15, 0.2) is 5.78 Å². The molecule has 3 heteroatoms. The smallest absolute Gasteiger partial charge is 0.157 e. The van der Waals surface area contributed by atoms with Crippen molar-refractivity contribution in [3.05, 3.63) is 12.7 Å². The lowest BCUT2D eigenvalue weighted by Gasteiger charge is -1.97. The van der Waals surface area contributed by atoms with Crippen molar-refractivity contribution in [1.29, 1.82) is 0 Å². The molecule has 0 radical (unpaired) electrons. The van der Waals surface area contributed by atoms with Crippen LogP contribution in [0.1, 0.15) is 6.42 Å². The number of carbonyl (C=O) groups is 1. The zero-order valence-electron chi connectivity index (χ0n) is 4.63. The molecule has 0 amide bonds. The number of nitrogens with two attached hydrogens (primary N) is 2. The van der Waals surface area contributed by atoms with Crippen molar-refractivity contribution >= 4 is 5.78 Å². The van der Waals surface area contributed by atoms with Gasteiger partial charge in [0.2, 0.25) is 0 Å². The van der Waals surface area contributed by atoms with E-state index in [-0.39, 0.29) is 12.2 Å². The third-order valence-electron chi connectivity index (χ3n) is 0.665. The molecule has 0 fully saturated rings.